The molecular weight excluding hydrogens is 230 g/mol. The van der Waals surface area contributed by atoms with Crippen LogP contribution >= 0.6 is 0 Å². The zero-order valence-corrected chi connectivity index (χ0v) is 12.1. The van der Waals surface area contributed by atoms with Gasteiger partial charge in [0.25, 0.3) is 0 Å². The van der Waals surface area contributed by atoms with Gasteiger partial charge in [0.05, 0.1) is 18.6 Å². The maximum Gasteiger partial charge on any atom is 0.308 e. The van der Waals surface area contributed by atoms with Crippen molar-refractivity contribution in [3.05, 3.63) is 0 Å². The third-order valence-corrected chi connectivity index (χ3v) is 2.86. The Balaban J connectivity index is 3.71. The lowest BCUT2D eigenvalue weighted by atomic mass is 10.1. The lowest BCUT2D eigenvalue weighted by Gasteiger charge is -2.17. The van der Waals surface area contributed by atoms with Gasteiger partial charge in [-0.1, -0.05) is 26.2 Å². The van der Waals surface area contributed by atoms with Gasteiger partial charge in [0.2, 0.25) is 0 Å². The van der Waals surface area contributed by atoms with Gasteiger partial charge in [0.15, 0.2) is 0 Å². The summed E-state index contributed by atoms with van der Waals surface area (Å²) in [5.41, 5.74) is 5.52. The van der Waals surface area contributed by atoms with Gasteiger partial charge >= 0.3 is 5.97 Å². The van der Waals surface area contributed by atoms with Crippen molar-refractivity contribution in [3.63, 3.8) is 0 Å². The number of rotatable bonds is 11. The van der Waals surface area contributed by atoms with Crippen LogP contribution in [-0.4, -0.2) is 31.3 Å². The summed E-state index contributed by atoms with van der Waals surface area (Å²) in [5, 5.41) is 0. The lowest BCUT2D eigenvalue weighted by Crippen LogP contribution is -2.28. The smallest absolute Gasteiger partial charge is 0.308 e. The summed E-state index contributed by atoms with van der Waals surface area (Å²) in [7, 11) is 0. The summed E-state index contributed by atoms with van der Waals surface area (Å²) in [6.07, 6.45) is 5.78. The Morgan fingerprint density at radius 2 is 1.94 bits per heavy atom. The molecule has 0 saturated carbocycles. The van der Waals surface area contributed by atoms with Crippen LogP contribution in [0, 0.1) is 0 Å². The summed E-state index contributed by atoms with van der Waals surface area (Å²) >= 11 is 0. The highest BCUT2D eigenvalue weighted by atomic mass is 16.5. The molecule has 4 nitrogen and oxygen atoms in total. The third-order valence-electron chi connectivity index (χ3n) is 2.86. The number of carbonyl (C=O) groups excluding carboxylic acids is 1. The number of carbonyl (C=O) groups is 1. The van der Waals surface area contributed by atoms with Crippen LogP contribution < -0.4 is 5.73 Å². The molecule has 2 N–H and O–H groups in total. The van der Waals surface area contributed by atoms with Crippen LogP contribution in [0.4, 0.5) is 0 Å². The average molecular weight is 259 g/mol. The molecular formula is C14H29NO3. The highest BCUT2D eigenvalue weighted by Crippen LogP contribution is 2.09. The molecule has 0 aromatic rings. The fraction of sp³-hybridized carbons (Fsp3) is 0.929. The van der Waals surface area contributed by atoms with E-state index in [4.69, 9.17) is 15.2 Å². The molecule has 0 saturated heterocycles. The fourth-order valence-electron chi connectivity index (χ4n) is 1.82. The van der Waals surface area contributed by atoms with E-state index in [2.05, 4.69) is 6.92 Å². The van der Waals surface area contributed by atoms with Crippen molar-refractivity contribution in [2.24, 2.45) is 5.73 Å². The Morgan fingerprint density at radius 3 is 2.50 bits per heavy atom. The lowest BCUT2D eigenvalue weighted by molar-refractivity contribution is -0.151. The molecule has 0 radical (unpaired) electrons. The largest absolute Gasteiger partial charge is 0.463 e. The zero-order valence-electron chi connectivity index (χ0n) is 12.1. The molecule has 0 bridgehead atoms. The van der Waals surface area contributed by atoms with Crippen LogP contribution in [0.2, 0.25) is 0 Å². The second kappa shape index (κ2) is 11.5. The summed E-state index contributed by atoms with van der Waals surface area (Å²) < 4.78 is 10.7. The molecule has 0 aliphatic carbocycles. The van der Waals surface area contributed by atoms with E-state index in [1.54, 1.807) is 0 Å². The molecule has 2 unspecified atom stereocenters. The molecule has 108 valence electrons. The summed E-state index contributed by atoms with van der Waals surface area (Å²) in [5.74, 6) is -0.207. The minimum Gasteiger partial charge on any atom is -0.463 e. The van der Waals surface area contributed by atoms with Crippen LogP contribution in [0.25, 0.3) is 0 Å². The molecule has 0 amide bonds. The van der Waals surface area contributed by atoms with Crippen molar-refractivity contribution in [2.75, 3.05) is 13.2 Å². The first kappa shape index (κ1) is 17.4. The van der Waals surface area contributed by atoms with Crippen LogP contribution in [-0.2, 0) is 14.3 Å². The maximum absolute atomic E-state index is 11.6. The Bertz CT molecular complexity index is 209. The van der Waals surface area contributed by atoms with Crippen molar-refractivity contribution < 1.29 is 14.3 Å². The number of ether oxygens (including phenoxy) is 2. The van der Waals surface area contributed by atoms with E-state index in [-0.39, 0.29) is 24.6 Å². The summed E-state index contributed by atoms with van der Waals surface area (Å²) in [4.78, 5) is 11.6. The molecule has 0 rings (SSSR count). The fourth-order valence-corrected chi connectivity index (χ4v) is 1.82. The molecule has 0 aromatic heterocycles. The molecule has 2 atom stereocenters. The molecule has 18 heavy (non-hydrogen) atoms. The topological polar surface area (TPSA) is 61.5 Å². The first-order chi connectivity index (χ1) is 8.63. The molecule has 0 spiro atoms. The minimum absolute atomic E-state index is 0.00518. The number of hydrogen-bond donors (Lipinski definition) is 1. The van der Waals surface area contributed by atoms with Gasteiger partial charge in [-0.05, 0) is 26.7 Å². The van der Waals surface area contributed by atoms with E-state index in [1.165, 1.54) is 19.3 Å². The second-order valence-electron chi connectivity index (χ2n) is 4.67. The van der Waals surface area contributed by atoms with Crippen molar-refractivity contribution in [1.29, 1.82) is 0 Å². The Morgan fingerprint density at radius 1 is 1.22 bits per heavy atom. The molecule has 0 fully saturated rings. The van der Waals surface area contributed by atoms with Crippen molar-refractivity contribution in [1.82, 2.24) is 0 Å². The van der Waals surface area contributed by atoms with Gasteiger partial charge in [0.1, 0.15) is 0 Å². The Hall–Kier alpha value is -0.610. The second-order valence-corrected chi connectivity index (χ2v) is 4.67. The van der Waals surface area contributed by atoms with E-state index in [0.717, 1.165) is 12.8 Å². The van der Waals surface area contributed by atoms with Crippen LogP contribution in [0.5, 0.6) is 0 Å². The summed E-state index contributed by atoms with van der Waals surface area (Å²) in [6, 6.07) is 0. The van der Waals surface area contributed by atoms with Crippen molar-refractivity contribution in [3.8, 4) is 0 Å². The number of nitrogens with two attached hydrogens (primary N) is 1. The number of esters is 1. The highest BCUT2D eigenvalue weighted by Gasteiger charge is 2.15. The SMILES string of the molecule is CCCCCCC(C)OC(=O)CC(CN)OCC. The predicted molar refractivity (Wildman–Crippen MR) is 73.4 cm³/mol. The van der Waals surface area contributed by atoms with Crippen LogP contribution in [0.3, 0.4) is 0 Å². The Labute approximate surface area is 111 Å². The number of unbranched alkanes of at least 4 members (excludes halogenated alkanes) is 3. The van der Waals surface area contributed by atoms with Gasteiger partial charge in [0, 0.05) is 13.2 Å². The first-order valence-electron chi connectivity index (χ1n) is 7.15. The van der Waals surface area contributed by atoms with Gasteiger partial charge in [-0.3, -0.25) is 4.79 Å². The molecule has 0 aromatic carbocycles. The van der Waals surface area contributed by atoms with Crippen molar-refractivity contribution in [2.45, 2.75) is 71.5 Å². The van der Waals surface area contributed by atoms with E-state index >= 15 is 0 Å². The quantitative estimate of drug-likeness (QED) is 0.458. The molecule has 4 heteroatoms. The number of hydrogen-bond acceptors (Lipinski definition) is 4. The van der Waals surface area contributed by atoms with E-state index < -0.39 is 0 Å². The molecule has 0 aliphatic heterocycles. The Kier molecular flexibility index (Phi) is 11.1. The van der Waals surface area contributed by atoms with Gasteiger partial charge in [-0.2, -0.15) is 0 Å². The van der Waals surface area contributed by atoms with Crippen LogP contribution in [0.15, 0.2) is 0 Å². The first-order valence-corrected chi connectivity index (χ1v) is 7.15. The van der Waals surface area contributed by atoms with E-state index in [9.17, 15) is 4.79 Å². The van der Waals surface area contributed by atoms with E-state index in [1.807, 2.05) is 13.8 Å². The highest BCUT2D eigenvalue weighted by molar-refractivity contribution is 5.70. The van der Waals surface area contributed by atoms with E-state index in [0.29, 0.717) is 13.2 Å². The standard InChI is InChI=1S/C14H29NO3/c1-4-6-7-8-9-12(3)18-14(16)10-13(11-15)17-5-2/h12-13H,4-11,15H2,1-3H3. The maximum atomic E-state index is 11.6. The van der Waals surface area contributed by atoms with Gasteiger partial charge < -0.3 is 15.2 Å². The van der Waals surface area contributed by atoms with Gasteiger partial charge in [-0.25, -0.2) is 0 Å². The predicted octanol–water partition coefficient (Wildman–Crippen LogP) is 2.64. The average Bonchev–Trinajstić information content (AvgIpc) is 2.34. The van der Waals surface area contributed by atoms with Crippen molar-refractivity contribution >= 4 is 5.97 Å². The zero-order chi connectivity index (χ0) is 13.8. The molecule has 0 aliphatic rings. The minimum atomic E-state index is -0.213. The monoisotopic (exact) mass is 259 g/mol. The summed E-state index contributed by atoms with van der Waals surface area (Å²) in [6.45, 7) is 6.95. The van der Waals surface area contributed by atoms with Crippen LogP contribution in [0.1, 0.15) is 59.3 Å². The molecule has 0 heterocycles. The normalized spacial score (nSPS) is 14.2. The van der Waals surface area contributed by atoms with Gasteiger partial charge in [-0.15, -0.1) is 0 Å². The third kappa shape index (κ3) is 9.42.